The minimum Gasteiger partial charge on any atom is -0.381 e. The van der Waals surface area contributed by atoms with Crippen LogP contribution in [0.1, 0.15) is 39.5 Å². The zero-order chi connectivity index (χ0) is 11.3. The summed E-state index contributed by atoms with van der Waals surface area (Å²) in [6.07, 6.45) is 7.39. The summed E-state index contributed by atoms with van der Waals surface area (Å²) in [5.74, 6) is 0.850. The third-order valence-electron chi connectivity index (χ3n) is 3.07. The fraction of sp³-hybridized carbons (Fsp3) is 0.833. The number of rotatable bonds is 4. The highest BCUT2D eigenvalue weighted by atomic mass is 127. The molecular weight excluding hydrogens is 301 g/mol. The van der Waals surface area contributed by atoms with Crippen LogP contribution in [0.2, 0.25) is 0 Å². The van der Waals surface area contributed by atoms with Gasteiger partial charge in [0.15, 0.2) is 0 Å². The smallest absolute Gasteiger partial charge is 0.0718 e. The number of nitrogens with one attached hydrogen (secondary N) is 1. The number of hydrogen-bond donors (Lipinski definition) is 1. The monoisotopic (exact) mass is 323 g/mol. The molecule has 2 unspecified atom stereocenters. The highest BCUT2D eigenvalue weighted by Gasteiger charge is 2.30. The topological polar surface area (TPSA) is 21.3 Å². The molecule has 1 N–H and O–H groups in total. The van der Waals surface area contributed by atoms with Crippen LogP contribution in [0.4, 0.5) is 0 Å². The first-order valence-electron chi connectivity index (χ1n) is 5.68. The molecular formula is C12H22INO. The number of hydrogen-bond acceptors (Lipinski definition) is 2. The van der Waals surface area contributed by atoms with Crippen LogP contribution in [-0.4, -0.2) is 19.3 Å². The van der Waals surface area contributed by atoms with Gasteiger partial charge in [-0.05, 0) is 54.4 Å². The molecule has 0 radical (unpaired) electrons. The molecule has 0 aromatic rings. The highest BCUT2D eigenvalue weighted by molar-refractivity contribution is 14.1. The van der Waals surface area contributed by atoms with E-state index in [2.05, 4.69) is 47.8 Å². The van der Waals surface area contributed by atoms with Crippen molar-refractivity contribution in [3.63, 3.8) is 0 Å². The van der Waals surface area contributed by atoms with Gasteiger partial charge < -0.3 is 10.1 Å². The summed E-state index contributed by atoms with van der Waals surface area (Å²) in [6.45, 7) is 5.38. The van der Waals surface area contributed by atoms with Gasteiger partial charge in [0.2, 0.25) is 0 Å². The second kappa shape index (κ2) is 6.09. The molecule has 0 amide bonds. The quantitative estimate of drug-likeness (QED) is 0.632. The molecule has 15 heavy (non-hydrogen) atoms. The van der Waals surface area contributed by atoms with Crippen LogP contribution in [0.5, 0.6) is 0 Å². The van der Waals surface area contributed by atoms with Crippen LogP contribution in [0, 0.1) is 5.92 Å². The van der Waals surface area contributed by atoms with E-state index in [9.17, 15) is 0 Å². The second-order valence-corrected chi connectivity index (χ2v) is 6.06. The molecule has 1 saturated carbocycles. The van der Waals surface area contributed by atoms with Gasteiger partial charge in [0.25, 0.3) is 0 Å². The number of methoxy groups -OCH3 is 1. The normalized spacial score (nSPS) is 32.8. The van der Waals surface area contributed by atoms with Crippen molar-refractivity contribution < 1.29 is 4.74 Å². The first kappa shape index (κ1) is 13.3. The van der Waals surface area contributed by atoms with Crippen molar-refractivity contribution in [1.82, 2.24) is 5.32 Å². The van der Waals surface area contributed by atoms with Gasteiger partial charge in [-0.2, -0.15) is 0 Å². The van der Waals surface area contributed by atoms with Crippen LogP contribution in [-0.2, 0) is 4.74 Å². The fourth-order valence-electron chi connectivity index (χ4n) is 2.42. The van der Waals surface area contributed by atoms with E-state index < -0.39 is 0 Å². The van der Waals surface area contributed by atoms with E-state index >= 15 is 0 Å². The molecule has 1 aliphatic carbocycles. The molecule has 0 aromatic heterocycles. The molecule has 0 aromatic carbocycles. The Morgan fingerprint density at radius 1 is 1.67 bits per heavy atom. The molecule has 2 nitrogen and oxygen atoms in total. The molecule has 0 aliphatic heterocycles. The summed E-state index contributed by atoms with van der Waals surface area (Å²) >= 11 is 2.35. The third-order valence-corrected chi connectivity index (χ3v) is 3.78. The van der Waals surface area contributed by atoms with Crippen LogP contribution < -0.4 is 5.32 Å². The fourth-order valence-corrected chi connectivity index (χ4v) is 3.25. The molecule has 0 saturated heterocycles. The zero-order valence-electron chi connectivity index (χ0n) is 9.98. The summed E-state index contributed by atoms with van der Waals surface area (Å²) < 4.78 is 6.25. The van der Waals surface area contributed by atoms with E-state index in [1.165, 1.54) is 29.4 Å². The number of ether oxygens (including phenoxy) is 1. The van der Waals surface area contributed by atoms with Crippen molar-refractivity contribution in [1.29, 1.82) is 0 Å². The van der Waals surface area contributed by atoms with Crippen LogP contribution in [0.25, 0.3) is 0 Å². The lowest BCUT2D eigenvalue weighted by atomic mass is 9.78. The van der Waals surface area contributed by atoms with Gasteiger partial charge in [-0.1, -0.05) is 19.8 Å². The largest absolute Gasteiger partial charge is 0.381 e. The van der Waals surface area contributed by atoms with Crippen molar-refractivity contribution in [2.24, 2.45) is 5.92 Å². The Morgan fingerprint density at radius 2 is 2.40 bits per heavy atom. The lowest BCUT2D eigenvalue weighted by Crippen LogP contribution is -2.44. The van der Waals surface area contributed by atoms with Crippen molar-refractivity contribution in [3.8, 4) is 0 Å². The minimum atomic E-state index is 0.290. The molecule has 0 bridgehead atoms. The van der Waals surface area contributed by atoms with Gasteiger partial charge in [0.1, 0.15) is 0 Å². The highest BCUT2D eigenvalue weighted by Crippen LogP contribution is 2.33. The first-order chi connectivity index (χ1) is 7.06. The summed E-state index contributed by atoms with van der Waals surface area (Å²) in [4.78, 5) is 0. The number of halogens is 1. The van der Waals surface area contributed by atoms with Gasteiger partial charge in [-0.15, -0.1) is 0 Å². The molecule has 88 valence electrons. The maximum Gasteiger partial charge on any atom is 0.0718 e. The lowest BCUT2D eigenvalue weighted by Gasteiger charge is -2.38. The lowest BCUT2D eigenvalue weighted by molar-refractivity contribution is 0.220. The van der Waals surface area contributed by atoms with E-state index in [-0.39, 0.29) is 0 Å². The maximum atomic E-state index is 5.03. The van der Waals surface area contributed by atoms with Crippen molar-refractivity contribution in [2.45, 2.75) is 45.1 Å². The third kappa shape index (κ3) is 4.72. The second-order valence-electron chi connectivity index (χ2n) is 4.89. The van der Waals surface area contributed by atoms with E-state index in [0.717, 1.165) is 5.92 Å². The van der Waals surface area contributed by atoms with E-state index in [1.807, 2.05) is 0 Å². The van der Waals surface area contributed by atoms with Gasteiger partial charge in [-0.3, -0.25) is 0 Å². The van der Waals surface area contributed by atoms with E-state index in [0.29, 0.717) is 12.1 Å². The Kier molecular flexibility index (Phi) is 5.39. The average molecular weight is 323 g/mol. The predicted octanol–water partition coefficient (Wildman–Crippen LogP) is 3.47. The molecule has 1 aliphatic rings. The summed E-state index contributed by atoms with van der Waals surface area (Å²) in [5.41, 5.74) is 0.290. The van der Waals surface area contributed by atoms with E-state index in [4.69, 9.17) is 4.74 Å². The maximum absolute atomic E-state index is 5.03. The predicted molar refractivity (Wildman–Crippen MR) is 73.2 cm³/mol. The minimum absolute atomic E-state index is 0.290. The van der Waals surface area contributed by atoms with Crippen molar-refractivity contribution in [2.75, 3.05) is 13.7 Å². The molecule has 1 rings (SSSR count). The average Bonchev–Trinajstić information content (AvgIpc) is 2.13. The van der Waals surface area contributed by atoms with Crippen molar-refractivity contribution >= 4 is 22.6 Å². The Morgan fingerprint density at radius 3 is 3.00 bits per heavy atom. The summed E-state index contributed by atoms with van der Waals surface area (Å²) in [6, 6.07) is 0. The van der Waals surface area contributed by atoms with Crippen LogP contribution in [0.3, 0.4) is 0 Å². The van der Waals surface area contributed by atoms with Crippen molar-refractivity contribution in [3.05, 3.63) is 9.78 Å². The Balaban J connectivity index is 2.47. The standard InChI is InChI=1S/C12H22INO/c1-10-5-4-7-12(2,9-10)14-11(13)6-8-15-3/h6,10,14H,4-5,7-9H2,1-3H3/b11-6-. The molecule has 3 heteroatoms. The Labute approximate surface area is 107 Å². The SMILES string of the molecule is COC/C=C(/I)NC1(C)CCCC(C)C1. The van der Waals surface area contributed by atoms with E-state index in [1.54, 1.807) is 7.11 Å². The zero-order valence-corrected chi connectivity index (χ0v) is 12.1. The van der Waals surface area contributed by atoms with Gasteiger partial charge in [0, 0.05) is 12.6 Å². The molecule has 2 atom stereocenters. The summed E-state index contributed by atoms with van der Waals surface area (Å²) in [7, 11) is 1.73. The first-order valence-corrected chi connectivity index (χ1v) is 6.76. The van der Waals surface area contributed by atoms with Gasteiger partial charge in [0.05, 0.1) is 10.3 Å². The van der Waals surface area contributed by atoms with Crippen LogP contribution in [0.15, 0.2) is 9.78 Å². The van der Waals surface area contributed by atoms with Gasteiger partial charge in [-0.25, -0.2) is 0 Å². The molecule has 0 heterocycles. The van der Waals surface area contributed by atoms with Gasteiger partial charge >= 0.3 is 0 Å². The Hall–Kier alpha value is 0.230. The van der Waals surface area contributed by atoms with Crippen LogP contribution >= 0.6 is 22.6 Å². The summed E-state index contributed by atoms with van der Waals surface area (Å²) in [5, 5.41) is 3.63. The molecule has 1 fully saturated rings. The molecule has 0 spiro atoms. The Bertz CT molecular complexity index is 230.